The van der Waals surface area contributed by atoms with Gasteiger partial charge in [-0.2, -0.15) is 0 Å². The molecule has 0 aromatic carbocycles. The van der Waals surface area contributed by atoms with E-state index < -0.39 is 7.60 Å². The van der Waals surface area contributed by atoms with Gasteiger partial charge in [-0.3, -0.25) is 4.79 Å². The molecule has 26 heavy (non-hydrogen) atoms. The number of carbonyl (C=O) groups excluding carboxylic acids is 1. The van der Waals surface area contributed by atoms with E-state index in [9.17, 15) is 19.1 Å². The maximum Gasteiger partial charge on any atom is 1.00 e. The van der Waals surface area contributed by atoms with Crippen molar-refractivity contribution in [1.29, 1.82) is 0 Å². The first-order chi connectivity index (χ1) is 11.1. The van der Waals surface area contributed by atoms with Crippen molar-refractivity contribution in [2.24, 2.45) is 11.8 Å². The zero-order chi connectivity index (χ0) is 18.5. The monoisotopic (exact) mass is 404 g/mol. The number of allylic oxidation sites excluding steroid dienone is 1. The van der Waals surface area contributed by atoms with Crippen LogP contribution in [0.15, 0.2) is 11.4 Å². The Morgan fingerprint density at radius 1 is 1.31 bits per heavy atom. The van der Waals surface area contributed by atoms with Crippen LogP contribution >= 0.6 is 7.60 Å². The van der Waals surface area contributed by atoms with Crippen LogP contribution in [0.3, 0.4) is 0 Å². The first-order valence-corrected chi connectivity index (χ1v) is 10.4. The van der Waals surface area contributed by atoms with E-state index in [-0.39, 0.29) is 94.8 Å². The summed E-state index contributed by atoms with van der Waals surface area (Å²) in [6.45, 7) is 11.3. The average molecular weight is 404 g/mol. The standard InChI is InChI=1S/C17H33N2O4P.2Na/c1-6-19(7-2)17-11-14(24(21,22)23)8-9-15(17)16(10-12(3)4)18-13(5)20;;/h8,12,15-17H,6-7,9-11H2,1-5H3,(H,18,20)(H2,21,22,23);;/q;2*+1/p-2/t15-,16-,17-;;/m0../s1. The Labute approximate surface area is 202 Å². The Morgan fingerprint density at radius 2 is 1.85 bits per heavy atom. The van der Waals surface area contributed by atoms with Crippen molar-refractivity contribution in [2.45, 2.75) is 66.0 Å². The zero-order valence-electron chi connectivity index (χ0n) is 17.4. The number of nitrogens with zero attached hydrogens (tertiary/aromatic N) is 1. The molecule has 0 unspecified atom stereocenters. The Balaban J connectivity index is 0. The topological polar surface area (TPSA) is 95.5 Å². The number of rotatable bonds is 8. The molecule has 1 aliphatic rings. The van der Waals surface area contributed by atoms with Gasteiger partial charge in [0, 0.05) is 19.0 Å². The van der Waals surface area contributed by atoms with E-state index in [1.54, 1.807) is 6.08 Å². The molecule has 1 amide bonds. The summed E-state index contributed by atoms with van der Waals surface area (Å²) < 4.78 is 11.5. The molecule has 1 aliphatic carbocycles. The van der Waals surface area contributed by atoms with E-state index in [2.05, 4.69) is 24.1 Å². The fourth-order valence-electron chi connectivity index (χ4n) is 3.74. The van der Waals surface area contributed by atoms with E-state index in [0.29, 0.717) is 12.3 Å². The van der Waals surface area contributed by atoms with Gasteiger partial charge in [-0.15, -0.1) is 0 Å². The molecule has 9 heteroatoms. The Morgan fingerprint density at radius 3 is 2.23 bits per heavy atom. The van der Waals surface area contributed by atoms with E-state index >= 15 is 0 Å². The van der Waals surface area contributed by atoms with Crippen LogP contribution in [-0.4, -0.2) is 36.0 Å². The van der Waals surface area contributed by atoms with Gasteiger partial charge in [0.1, 0.15) is 0 Å². The molecule has 3 atom stereocenters. The van der Waals surface area contributed by atoms with Gasteiger partial charge in [0.15, 0.2) is 0 Å². The molecule has 1 N–H and O–H groups in total. The minimum absolute atomic E-state index is 0. The smallest absolute Gasteiger partial charge is 0.808 e. The molecule has 6 nitrogen and oxygen atoms in total. The van der Waals surface area contributed by atoms with Crippen LogP contribution in [0.1, 0.15) is 53.9 Å². The van der Waals surface area contributed by atoms with Crippen molar-refractivity contribution in [1.82, 2.24) is 10.2 Å². The van der Waals surface area contributed by atoms with Gasteiger partial charge in [-0.1, -0.05) is 33.8 Å². The van der Waals surface area contributed by atoms with E-state index in [1.165, 1.54) is 6.92 Å². The Bertz CT molecular complexity index is 507. The van der Waals surface area contributed by atoms with E-state index in [4.69, 9.17) is 0 Å². The molecule has 0 saturated heterocycles. The van der Waals surface area contributed by atoms with Crippen LogP contribution in [-0.2, 0) is 9.36 Å². The fraction of sp³-hybridized carbons (Fsp3) is 0.824. The fourth-order valence-corrected chi connectivity index (χ4v) is 4.48. The predicted molar refractivity (Wildman–Crippen MR) is 92.2 cm³/mol. The molecule has 0 aliphatic heterocycles. The second-order valence-corrected chi connectivity index (χ2v) is 8.59. The summed E-state index contributed by atoms with van der Waals surface area (Å²) in [5, 5.41) is 3.06. The van der Waals surface area contributed by atoms with Gasteiger partial charge in [0.25, 0.3) is 0 Å². The molecule has 0 fully saturated rings. The minimum atomic E-state index is -4.70. The Hall–Kier alpha value is 1.32. The maximum atomic E-state index is 11.6. The third-order valence-corrected chi connectivity index (χ3v) is 5.87. The van der Waals surface area contributed by atoms with Crippen LogP contribution < -0.4 is 74.2 Å². The van der Waals surface area contributed by atoms with Crippen LogP contribution in [0.4, 0.5) is 0 Å². The third kappa shape index (κ3) is 9.21. The van der Waals surface area contributed by atoms with Crippen LogP contribution in [0.5, 0.6) is 0 Å². The van der Waals surface area contributed by atoms with Crippen molar-refractivity contribution in [3.05, 3.63) is 11.4 Å². The van der Waals surface area contributed by atoms with Gasteiger partial charge in [-0.25, -0.2) is 0 Å². The number of carbonyl (C=O) groups is 1. The number of amides is 1. The van der Waals surface area contributed by atoms with Gasteiger partial charge in [0.2, 0.25) is 5.91 Å². The van der Waals surface area contributed by atoms with Crippen molar-refractivity contribution in [3.8, 4) is 0 Å². The average Bonchev–Trinajstić information content (AvgIpc) is 2.46. The summed E-state index contributed by atoms with van der Waals surface area (Å²) in [7, 11) is -4.70. The molecule has 0 aromatic heterocycles. The predicted octanol–water partition coefficient (Wildman–Crippen LogP) is -4.54. The summed E-state index contributed by atoms with van der Waals surface area (Å²) in [5.74, 6) is 0.438. The van der Waals surface area contributed by atoms with E-state index in [0.717, 1.165) is 19.5 Å². The molecule has 0 bridgehead atoms. The molecule has 0 saturated carbocycles. The van der Waals surface area contributed by atoms with Crippen molar-refractivity contribution in [2.75, 3.05) is 13.1 Å². The molecule has 0 heterocycles. The SMILES string of the molecule is CCN(CC)[C@H]1CC(P(=O)([O-])[O-])=CC[C@H]1[C@H](CC(C)C)NC(C)=O.[Na+].[Na+]. The molecule has 1 rings (SSSR count). The Kier molecular flexibility index (Phi) is 15.4. The van der Waals surface area contributed by atoms with Crippen LogP contribution in [0, 0.1) is 11.8 Å². The number of hydrogen-bond acceptors (Lipinski definition) is 5. The molecule has 0 spiro atoms. The number of hydrogen-bond donors (Lipinski definition) is 1. The quantitative estimate of drug-likeness (QED) is 0.325. The van der Waals surface area contributed by atoms with Gasteiger partial charge in [-0.05, 0) is 57.1 Å². The molecule has 0 aromatic rings. The first-order valence-electron chi connectivity index (χ1n) is 8.82. The summed E-state index contributed by atoms with van der Waals surface area (Å²) >= 11 is 0. The summed E-state index contributed by atoms with van der Waals surface area (Å²) in [4.78, 5) is 36.8. The normalized spacial score (nSPS) is 21.5. The largest absolute Gasteiger partial charge is 1.00 e. The van der Waals surface area contributed by atoms with E-state index in [1.807, 2.05) is 13.8 Å². The molecule has 140 valence electrons. The van der Waals surface area contributed by atoms with Crippen LogP contribution in [0.2, 0.25) is 0 Å². The van der Waals surface area contributed by atoms with Crippen molar-refractivity contribution >= 4 is 13.5 Å². The third-order valence-electron chi connectivity index (χ3n) is 4.80. The van der Waals surface area contributed by atoms with Crippen molar-refractivity contribution < 1.29 is 78.3 Å². The van der Waals surface area contributed by atoms with Crippen LogP contribution in [0.25, 0.3) is 0 Å². The first kappa shape index (κ1) is 29.5. The van der Waals surface area contributed by atoms with Gasteiger partial charge in [0.05, 0.1) is 0 Å². The number of nitrogens with one attached hydrogen (secondary N) is 1. The zero-order valence-corrected chi connectivity index (χ0v) is 22.3. The second kappa shape index (κ2) is 13.5. The second-order valence-electron chi connectivity index (χ2n) is 7.02. The summed E-state index contributed by atoms with van der Waals surface area (Å²) in [6.07, 6.45) is 3.14. The maximum absolute atomic E-state index is 11.6. The summed E-state index contributed by atoms with van der Waals surface area (Å²) in [6, 6.07) is -0.0737. The summed E-state index contributed by atoms with van der Waals surface area (Å²) in [5.41, 5.74) is 0. The molecular weight excluding hydrogens is 373 g/mol. The van der Waals surface area contributed by atoms with Gasteiger partial charge < -0.3 is 24.6 Å². The van der Waals surface area contributed by atoms with Crippen molar-refractivity contribution in [3.63, 3.8) is 0 Å². The molecule has 0 radical (unpaired) electrons. The van der Waals surface area contributed by atoms with Gasteiger partial charge >= 0.3 is 59.1 Å². The molecular formula is C17H31N2Na2O4P. The minimum Gasteiger partial charge on any atom is -0.808 e.